The van der Waals surface area contributed by atoms with Crippen LogP contribution in [-0.2, 0) is 4.79 Å². The molecular formula is C15H17BrFNO. The highest BCUT2D eigenvalue weighted by molar-refractivity contribution is 9.10. The van der Waals surface area contributed by atoms with E-state index in [0.29, 0.717) is 5.56 Å². The summed E-state index contributed by atoms with van der Waals surface area (Å²) in [6.45, 7) is 0. The van der Waals surface area contributed by atoms with Crippen molar-refractivity contribution in [2.45, 2.75) is 38.1 Å². The number of carbonyl (C=O) groups excluding carboxylic acids is 1. The van der Waals surface area contributed by atoms with Crippen molar-refractivity contribution in [1.82, 2.24) is 5.32 Å². The number of nitrogens with one attached hydrogen (secondary N) is 1. The van der Waals surface area contributed by atoms with Crippen LogP contribution in [0.5, 0.6) is 0 Å². The van der Waals surface area contributed by atoms with Crippen LogP contribution in [0, 0.1) is 5.82 Å². The molecule has 0 spiro atoms. The molecule has 1 aliphatic carbocycles. The molecule has 102 valence electrons. The lowest BCUT2D eigenvalue weighted by molar-refractivity contribution is -0.117. The molecule has 1 aliphatic rings. The summed E-state index contributed by atoms with van der Waals surface area (Å²) in [7, 11) is 0. The Morgan fingerprint density at radius 3 is 2.79 bits per heavy atom. The fourth-order valence-corrected chi connectivity index (χ4v) is 2.68. The maximum atomic E-state index is 13.5. The molecule has 0 atom stereocenters. The van der Waals surface area contributed by atoms with Crippen LogP contribution in [-0.4, -0.2) is 11.9 Å². The van der Waals surface area contributed by atoms with Gasteiger partial charge in [0.25, 0.3) is 0 Å². The van der Waals surface area contributed by atoms with Crippen molar-refractivity contribution < 1.29 is 9.18 Å². The van der Waals surface area contributed by atoms with Gasteiger partial charge in [0.15, 0.2) is 0 Å². The summed E-state index contributed by atoms with van der Waals surface area (Å²) < 4.78 is 14.3. The zero-order chi connectivity index (χ0) is 13.7. The van der Waals surface area contributed by atoms with Crippen LogP contribution in [0.4, 0.5) is 4.39 Å². The first kappa shape index (κ1) is 14.3. The average molecular weight is 326 g/mol. The molecule has 1 aromatic rings. The van der Waals surface area contributed by atoms with Crippen molar-refractivity contribution in [2.75, 3.05) is 0 Å². The van der Waals surface area contributed by atoms with Gasteiger partial charge < -0.3 is 5.32 Å². The molecule has 4 heteroatoms. The summed E-state index contributed by atoms with van der Waals surface area (Å²) in [5.41, 5.74) is 0.410. The molecule has 1 saturated carbocycles. The van der Waals surface area contributed by atoms with Gasteiger partial charge in [-0.15, -0.1) is 0 Å². The number of rotatable bonds is 3. The number of hydrogen-bond donors (Lipinski definition) is 1. The molecular weight excluding hydrogens is 309 g/mol. The largest absolute Gasteiger partial charge is 0.350 e. The van der Waals surface area contributed by atoms with Gasteiger partial charge in [-0.05, 0) is 37.1 Å². The zero-order valence-corrected chi connectivity index (χ0v) is 12.2. The molecule has 1 fully saturated rings. The molecule has 1 amide bonds. The van der Waals surface area contributed by atoms with Crippen molar-refractivity contribution in [3.05, 3.63) is 40.1 Å². The van der Waals surface area contributed by atoms with Crippen molar-refractivity contribution in [3.8, 4) is 0 Å². The lowest BCUT2D eigenvalue weighted by Gasteiger charge is -2.21. The quantitative estimate of drug-likeness (QED) is 0.834. The predicted molar refractivity (Wildman–Crippen MR) is 78.1 cm³/mol. The highest BCUT2D eigenvalue weighted by Crippen LogP contribution is 2.18. The highest BCUT2D eigenvalue weighted by Gasteiger charge is 2.14. The Hall–Kier alpha value is -1.16. The number of halogens is 2. The van der Waals surface area contributed by atoms with E-state index in [0.717, 1.165) is 17.3 Å². The Morgan fingerprint density at radius 1 is 1.32 bits per heavy atom. The van der Waals surface area contributed by atoms with Gasteiger partial charge in [0.05, 0.1) is 0 Å². The molecule has 0 saturated heterocycles. The van der Waals surface area contributed by atoms with E-state index in [4.69, 9.17) is 0 Å². The zero-order valence-electron chi connectivity index (χ0n) is 10.7. The van der Waals surface area contributed by atoms with Crippen LogP contribution in [0.3, 0.4) is 0 Å². The van der Waals surface area contributed by atoms with E-state index >= 15 is 0 Å². The van der Waals surface area contributed by atoms with Crippen LogP contribution in [0.2, 0.25) is 0 Å². The SMILES string of the molecule is O=C(/C=C/c1cc(Br)ccc1F)NC1CCCCC1. The average Bonchev–Trinajstić information content (AvgIpc) is 2.41. The minimum atomic E-state index is -0.329. The van der Waals surface area contributed by atoms with E-state index in [1.807, 2.05) is 0 Å². The summed E-state index contributed by atoms with van der Waals surface area (Å²) in [4.78, 5) is 11.7. The molecule has 1 aromatic carbocycles. The van der Waals surface area contributed by atoms with Crippen LogP contribution in [0.15, 0.2) is 28.7 Å². The van der Waals surface area contributed by atoms with Crippen LogP contribution < -0.4 is 5.32 Å². The molecule has 0 unspecified atom stereocenters. The lowest BCUT2D eigenvalue weighted by atomic mass is 9.95. The fraction of sp³-hybridized carbons (Fsp3) is 0.400. The van der Waals surface area contributed by atoms with E-state index in [9.17, 15) is 9.18 Å². The van der Waals surface area contributed by atoms with E-state index in [1.165, 1.54) is 37.5 Å². The Morgan fingerprint density at radius 2 is 2.05 bits per heavy atom. The van der Waals surface area contributed by atoms with Gasteiger partial charge in [0, 0.05) is 22.2 Å². The Labute approximate surface area is 121 Å². The molecule has 2 nitrogen and oxygen atoms in total. The fourth-order valence-electron chi connectivity index (χ4n) is 2.30. The maximum Gasteiger partial charge on any atom is 0.244 e. The predicted octanol–water partition coefficient (Wildman–Crippen LogP) is 4.05. The summed E-state index contributed by atoms with van der Waals surface area (Å²) >= 11 is 3.28. The molecule has 1 N–H and O–H groups in total. The van der Waals surface area contributed by atoms with Crippen molar-refractivity contribution in [2.24, 2.45) is 0 Å². The van der Waals surface area contributed by atoms with Crippen molar-refractivity contribution in [3.63, 3.8) is 0 Å². The number of amides is 1. The number of carbonyl (C=O) groups is 1. The van der Waals surface area contributed by atoms with Crippen LogP contribution in [0.25, 0.3) is 6.08 Å². The summed E-state index contributed by atoms with van der Waals surface area (Å²) in [6.07, 6.45) is 8.61. The third-order valence-electron chi connectivity index (χ3n) is 3.32. The van der Waals surface area contributed by atoms with Gasteiger partial charge in [-0.1, -0.05) is 35.2 Å². The second kappa shape index (κ2) is 6.85. The molecule has 0 heterocycles. The minimum absolute atomic E-state index is 0.147. The molecule has 2 rings (SSSR count). The normalized spacial score (nSPS) is 16.7. The van der Waals surface area contributed by atoms with Crippen LogP contribution >= 0.6 is 15.9 Å². The standard InChI is InChI=1S/C15H17BrFNO/c16-12-7-8-14(17)11(10-12)6-9-15(19)18-13-4-2-1-3-5-13/h6-10,13H,1-5H2,(H,18,19)/b9-6+. The minimum Gasteiger partial charge on any atom is -0.350 e. The van der Waals surface area contributed by atoms with Gasteiger partial charge in [0.2, 0.25) is 5.91 Å². The summed E-state index contributed by atoms with van der Waals surface area (Å²) in [6, 6.07) is 4.94. The highest BCUT2D eigenvalue weighted by atomic mass is 79.9. The number of benzene rings is 1. The smallest absolute Gasteiger partial charge is 0.244 e. The summed E-state index contributed by atoms with van der Waals surface area (Å²) in [5.74, 6) is -0.476. The van der Waals surface area contributed by atoms with Crippen LogP contribution in [0.1, 0.15) is 37.7 Å². The maximum absolute atomic E-state index is 13.5. The molecule has 0 radical (unpaired) electrons. The topological polar surface area (TPSA) is 29.1 Å². The second-order valence-corrected chi connectivity index (χ2v) is 5.76. The van der Waals surface area contributed by atoms with Gasteiger partial charge in [-0.3, -0.25) is 4.79 Å². The van der Waals surface area contributed by atoms with Crippen molar-refractivity contribution >= 4 is 27.9 Å². The molecule has 19 heavy (non-hydrogen) atoms. The first-order valence-electron chi connectivity index (χ1n) is 6.59. The van der Waals surface area contributed by atoms with Gasteiger partial charge >= 0.3 is 0 Å². The summed E-state index contributed by atoms with van der Waals surface area (Å²) in [5, 5.41) is 2.96. The first-order valence-corrected chi connectivity index (χ1v) is 7.38. The van der Waals surface area contributed by atoms with Crippen molar-refractivity contribution in [1.29, 1.82) is 0 Å². The van der Waals surface area contributed by atoms with E-state index in [2.05, 4.69) is 21.2 Å². The van der Waals surface area contributed by atoms with Gasteiger partial charge in [-0.25, -0.2) is 4.39 Å². The molecule has 0 aromatic heterocycles. The van der Waals surface area contributed by atoms with E-state index < -0.39 is 0 Å². The third-order valence-corrected chi connectivity index (χ3v) is 3.82. The monoisotopic (exact) mass is 325 g/mol. The first-order chi connectivity index (χ1) is 9.15. The Kier molecular flexibility index (Phi) is 5.14. The lowest BCUT2D eigenvalue weighted by Crippen LogP contribution is -2.34. The Balaban J connectivity index is 1.93. The molecule has 0 aliphatic heterocycles. The molecule has 0 bridgehead atoms. The number of hydrogen-bond acceptors (Lipinski definition) is 1. The van der Waals surface area contributed by atoms with E-state index in [-0.39, 0.29) is 17.8 Å². The van der Waals surface area contributed by atoms with Gasteiger partial charge in [0.1, 0.15) is 5.82 Å². The van der Waals surface area contributed by atoms with E-state index in [1.54, 1.807) is 12.1 Å². The van der Waals surface area contributed by atoms with Gasteiger partial charge in [-0.2, -0.15) is 0 Å². The third kappa shape index (κ3) is 4.46. The Bertz CT molecular complexity index is 481. The second-order valence-electron chi connectivity index (χ2n) is 4.84.